The smallest absolute Gasteiger partial charge is 0.319 e. The number of urea groups is 1. The third-order valence-electron chi connectivity index (χ3n) is 7.76. The number of anilines is 1. The average molecular weight is 541 g/mol. The molecule has 4 heterocycles. The van der Waals surface area contributed by atoms with E-state index in [4.69, 9.17) is 4.99 Å². The number of hydrogen-bond acceptors (Lipinski definition) is 7. The Balaban J connectivity index is 1.41. The van der Waals surface area contributed by atoms with Gasteiger partial charge in [0.25, 0.3) is 5.91 Å². The molecule has 0 spiro atoms. The summed E-state index contributed by atoms with van der Waals surface area (Å²) < 4.78 is 30.8. The number of hydrogen-bond donors (Lipinski definition) is 1. The lowest BCUT2D eigenvalue weighted by molar-refractivity contribution is 0.0832. The molecule has 2 fully saturated rings. The second-order valence-electron chi connectivity index (χ2n) is 11.1. The van der Waals surface area contributed by atoms with Gasteiger partial charge < -0.3 is 14.7 Å². The molecule has 1 saturated carbocycles. The zero-order valence-electron chi connectivity index (χ0n) is 22.0. The predicted molar refractivity (Wildman–Crippen MR) is 140 cm³/mol. The Morgan fingerprint density at radius 3 is 2.68 bits per heavy atom. The molecule has 202 valence electrons. The Labute approximate surface area is 221 Å². The van der Waals surface area contributed by atoms with Crippen molar-refractivity contribution in [2.75, 3.05) is 32.1 Å². The van der Waals surface area contributed by atoms with Gasteiger partial charge in [0.05, 0.1) is 41.0 Å². The summed E-state index contributed by atoms with van der Waals surface area (Å²) in [5.41, 5.74) is 1.31. The number of aliphatic imine (C=N–C) groups is 1. The molecule has 12 nitrogen and oxygen atoms in total. The van der Waals surface area contributed by atoms with Gasteiger partial charge in [0, 0.05) is 51.5 Å². The number of likely N-dealkylation sites (tertiary alicyclic amines) is 1. The Bertz CT molecular complexity index is 1460. The standard InChI is InChI=1S/C25H32N8O4S/c1-25(8-9-25)28-38(36,37)17-5-6-20-18(11-17)22(34)32(14-16-12-26-30(4)13-16)23-27-19-7-10-31(24(35)29(2)3)15-21(19)33(20)23/h5-6,11-13,19,21,28H,7-10,14-15H2,1-4H3/t19-,21+/m0/s1. The van der Waals surface area contributed by atoms with E-state index < -0.39 is 15.6 Å². The molecule has 1 aromatic heterocycles. The SMILES string of the molecule is CN(C)C(=O)N1CC[C@@H]2N=C3N(Cc4cnn(C)c4)C(=O)c4cc(S(=O)(=O)NC5(C)CC5)ccc4N3[C@@H]2C1. The highest BCUT2D eigenvalue weighted by Gasteiger charge is 2.49. The van der Waals surface area contributed by atoms with Gasteiger partial charge in [0.2, 0.25) is 16.0 Å². The summed E-state index contributed by atoms with van der Waals surface area (Å²) >= 11 is 0. The molecule has 4 aliphatic rings. The van der Waals surface area contributed by atoms with Gasteiger partial charge in [-0.25, -0.2) is 22.9 Å². The number of aryl methyl sites for hydroxylation is 1. The van der Waals surface area contributed by atoms with E-state index in [1.807, 2.05) is 25.1 Å². The van der Waals surface area contributed by atoms with Crippen LogP contribution in [0.15, 0.2) is 40.5 Å². The number of nitrogens with zero attached hydrogens (tertiary/aromatic N) is 7. The summed E-state index contributed by atoms with van der Waals surface area (Å²) in [6.07, 6.45) is 5.79. The van der Waals surface area contributed by atoms with Crippen molar-refractivity contribution in [2.45, 2.75) is 55.2 Å². The number of nitrogens with one attached hydrogen (secondary N) is 1. The van der Waals surface area contributed by atoms with Crippen molar-refractivity contribution in [3.63, 3.8) is 0 Å². The summed E-state index contributed by atoms with van der Waals surface area (Å²) in [5.74, 6) is 0.216. The molecule has 1 aromatic carbocycles. The molecule has 3 amide bonds. The van der Waals surface area contributed by atoms with Crippen molar-refractivity contribution in [1.82, 2.24) is 29.2 Å². The quantitative estimate of drug-likeness (QED) is 0.608. The molecule has 0 radical (unpaired) electrons. The molecule has 3 aliphatic heterocycles. The molecule has 1 saturated heterocycles. The van der Waals surface area contributed by atoms with Gasteiger partial charge in [0.1, 0.15) is 0 Å². The van der Waals surface area contributed by atoms with Crippen molar-refractivity contribution in [3.05, 3.63) is 41.7 Å². The fraction of sp³-hybridized carbons (Fsp3) is 0.520. The van der Waals surface area contributed by atoms with Crippen molar-refractivity contribution < 1.29 is 18.0 Å². The van der Waals surface area contributed by atoms with Crippen LogP contribution in [0.2, 0.25) is 0 Å². The number of carbonyl (C=O) groups excluding carboxylic acids is 2. The zero-order chi connectivity index (χ0) is 27.0. The third kappa shape index (κ3) is 4.13. The van der Waals surface area contributed by atoms with E-state index in [1.54, 1.807) is 51.8 Å². The number of sulfonamides is 1. The second-order valence-corrected chi connectivity index (χ2v) is 12.8. The van der Waals surface area contributed by atoms with Crippen LogP contribution in [0.25, 0.3) is 0 Å². The van der Waals surface area contributed by atoms with Crippen molar-refractivity contribution >= 4 is 33.6 Å². The van der Waals surface area contributed by atoms with Crippen LogP contribution in [0.3, 0.4) is 0 Å². The van der Waals surface area contributed by atoms with Crippen LogP contribution in [0.5, 0.6) is 0 Å². The van der Waals surface area contributed by atoms with Gasteiger partial charge in [-0.15, -0.1) is 0 Å². The van der Waals surface area contributed by atoms with E-state index in [2.05, 4.69) is 9.82 Å². The maximum absolute atomic E-state index is 13.9. The fourth-order valence-electron chi connectivity index (χ4n) is 5.48. The normalized spacial score (nSPS) is 23.5. The highest BCUT2D eigenvalue weighted by molar-refractivity contribution is 7.89. The van der Waals surface area contributed by atoms with Crippen molar-refractivity contribution in [3.8, 4) is 0 Å². The van der Waals surface area contributed by atoms with Crippen LogP contribution >= 0.6 is 0 Å². The monoisotopic (exact) mass is 540 g/mol. The number of guanidine groups is 1. The van der Waals surface area contributed by atoms with Crippen LogP contribution in [0.1, 0.15) is 42.1 Å². The minimum atomic E-state index is -3.80. The molecule has 1 aliphatic carbocycles. The highest BCUT2D eigenvalue weighted by atomic mass is 32.2. The number of rotatable bonds is 5. The third-order valence-corrected chi connectivity index (χ3v) is 9.40. The zero-order valence-corrected chi connectivity index (χ0v) is 22.8. The average Bonchev–Trinajstić information content (AvgIpc) is 3.26. The lowest BCUT2D eigenvalue weighted by Crippen LogP contribution is -2.59. The molecule has 2 atom stereocenters. The molecular formula is C25H32N8O4S. The molecule has 2 aromatic rings. The van der Waals surface area contributed by atoms with Gasteiger partial charge in [-0.05, 0) is 44.4 Å². The molecule has 0 bridgehead atoms. The number of amides is 3. The molecule has 6 rings (SSSR count). The lowest BCUT2D eigenvalue weighted by Gasteiger charge is -2.43. The van der Waals surface area contributed by atoms with E-state index in [0.717, 1.165) is 18.4 Å². The van der Waals surface area contributed by atoms with Crippen LogP contribution < -0.4 is 9.62 Å². The Morgan fingerprint density at radius 2 is 2.03 bits per heavy atom. The van der Waals surface area contributed by atoms with Crippen LogP contribution in [-0.4, -0.2) is 95.6 Å². The van der Waals surface area contributed by atoms with Gasteiger partial charge in [-0.3, -0.25) is 14.4 Å². The first-order chi connectivity index (χ1) is 18.0. The first-order valence-electron chi connectivity index (χ1n) is 12.8. The Hall–Kier alpha value is -3.45. The summed E-state index contributed by atoms with van der Waals surface area (Å²) in [5, 5.41) is 4.23. The lowest BCUT2D eigenvalue weighted by atomic mass is 9.98. The number of piperidine rings is 1. The van der Waals surface area contributed by atoms with E-state index in [9.17, 15) is 18.0 Å². The first kappa shape index (κ1) is 24.9. The van der Waals surface area contributed by atoms with E-state index in [1.165, 1.54) is 6.07 Å². The molecule has 0 unspecified atom stereocenters. The predicted octanol–water partition coefficient (Wildman–Crippen LogP) is 1.21. The van der Waals surface area contributed by atoms with Crippen LogP contribution in [0, 0.1) is 0 Å². The molecular weight excluding hydrogens is 508 g/mol. The minimum absolute atomic E-state index is 0.0586. The van der Waals surface area contributed by atoms with Gasteiger partial charge in [-0.1, -0.05) is 0 Å². The largest absolute Gasteiger partial charge is 0.331 e. The highest BCUT2D eigenvalue weighted by Crippen LogP contribution is 2.40. The Morgan fingerprint density at radius 1 is 1.26 bits per heavy atom. The van der Waals surface area contributed by atoms with E-state index >= 15 is 0 Å². The van der Waals surface area contributed by atoms with Gasteiger partial charge in [0.15, 0.2) is 0 Å². The number of aromatic nitrogens is 2. The van der Waals surface area contributed by atoms with Gasteiger partial charge in [-0.2, -0.15) is 5.10 Å². The summed E-state index contributed by atoms with van der Waals surface area (Å²) in [6.45, 7) is 3.14. The first-order valence-corrected chi connectivity index (χ1v) is 14.2. The summed E-state index contributed by atoms with van der Waals surface area (Å²) in [7, 11) is 1.47. The summed E-state index contributed by atoms with van der Waals surface area (Å²) in [4.78, 5) is 38.7. The van der Waals surface area contributed by atoms with Crippen molar-refractivity contribution in [1.29, 1.82) is 0 Å². The second kappa shape index (κ2) is 8.53. The summed E-state index contributed by atoms with van der Waals surface area (Å²) in [6, 6.07) is 4.38. The van der Waals surface area contributed by atoms with E-state index in [0.29, 0.717) is 36.7 Å². The topological polar surface area (TPSA) is 123 Å². The molecule has 1 N–H and O–H groups in total. The van der Waals surface area contributed by atoms with Crippen LogP contribution in [0.4, 0.5) is 10.5 Å². The van der Waals surface area contributed by atoms with E-state index in [-0.39, 0.29) is 35.5 Å². The number of carbonyl (C=O) groups is 2. The van der Waals surface area contributed by atoms with Gasteiger partial charge >= 0.3 is 6.03 Å². The number of fused-ring (bicyclic) bond motifs is 5. The number of benzene rings is 1. The maximum Gasteiger partial charge on any atom is 0.319 e. The fourth-order valence-corrected chi connectivity index (χ4v) is 6.97. The van der Waals surface area contributed by atoms with Crippen LogP contribution in [-0.2, 0) is 23.6 Å². The minimum Gasteiger partial charge on any atom is -0.331 e. The molecule has 13 heteroatoms. The Kier molecular flexibility index (Phi) is 5.58. The van der Waals surface area contributed by atoms with Crippen molar-refractivity contribution in [2.24, 2.45) is 12.0 Å². The maximum atomic E-state index is 13.9. The molecule has 38 heavy (non-hydrogen) atoms.